The van der Waals surface area contributed by atoms with Gasteiger partial charge in [0, 0.05) is 4.47 Å². The fraction of sp³-hybridized carbons (Fsp3) is 0.200. The van der Waals surface area contributed by atoms with Gasteiger partial charge in [0.1, 0.15) is 0 Å². The maximum absolute atomic E-state index is 12.4. The van der Waals surface area contributed by atoms with Crippen LogP contribution in [0.1, 0.15) is 25.3 Å². The van der Waals surface area contributed by atoms with E-state index in [-0.39, 0.29) is 10.8 Å². The molecule has 3 nitrogen and oxygen atoms in total. The summed E-state index contributed by atoms with van der Waals surface area (Å²) >= 11 is 3.29. The molecule has 0 saturated carbocycles. The second-order valence-corrected chi connectivity index (χ2v) is 7.40. The van der Waals surface area contributed by atoms with Crippen molar-refractivity contribution in [3.05, 3.63) is 58.6 Å². The van der Waals surface area contributed by atoms with E-state index in [4.69, 9.17) is 0 Å². The highest BCUT2D eigenvalue weighted by atomic mass is 79.9. The summed E-state index contributed by atoms with van der Waals surface area (Å²) in [5.41, 5.74) is 1.61. The first-order valence-corrected chi connectivity index (χ1v) is 8.55. The standard InChI is InChI=1S/C15H16BrNO2S/c1-11(2)14-5-3-4-6-15(14)17-20(18,19)13-9-7-12(16)8-10-13/h3-11,17H,1-2H3. The van der Waals surface area contributed by atoms with Gasteiger partial charge in [0.15, 0.2) is 0 Å². The maximum Gasteiger partial charge on any atom is 0.261 e. The van der Waals surface area contributed by atoms with E-state index >= 15 is 0 Å². The van der Waals surface area contributed by atoms with E-state index in [1.54, 1.807) is 30.3 Å². The summed E-state index contributed by atoms with van der Waals surface area (Å²) in [6.07, 6.45) is 0. The van der Waals surface area contributed by atoms with Crippen molar-refractivity contribution in [2.24, 2.45) is 0 Å². The van der Waals surface area contributed by atoms with E-state index in [9.17, 15) is 8.42 Å². The number of hydrogen-bond donors (Lipinski definition) is 1. The zero-order valence-electron chi connectivity index (χ0n) is 11.3. The minimum atomic E-state index is -3.56. The molecule has 2 aromatic carbocycles. The number of para-hydroxylation sites is 1. The Morgan fingerprint density at radius 1 is 1.00 bits per heavy atom. The molecule has 2 rings (SSSR count). The van der Waals surface area contributed by atoms with Gasteiger partial charge in [-0.25, -0.2) is 8.42 Å². The third kappa shape index (κ3) is 3.41. The summed E-state index contributed by atoms with van der Waals surface area (Å²) in [5.74, 6) is 0.249. The van der Waals surface area contributed by atoms with E-state index in [2.05, 4.69) is 20.7 Å². The third-order valence-electron chi connectivity index (χ3n) is 2.95. The molecule has 106 valence electrons. The average Bonchev–Trinajstić information content (AvgIpc) is 2.39. The van der Waals surface area contributed by atoms with Crippen LogP contribution in [0.2, 0.25) is 0 Å². The largest absolute Gasteiger partial charge is 0.279 e. The molecule has 0 aliphatic rings. The molecule has 2 aromatic rings. The fourth-order valence-electron chi connectivity index (χ4n) is 1.91. The van der Waals surface area contributed by atoms with Crippen LogP contribution in [-0.4, -0.2) is 8.42 Å². The van der Waals surface area contributed by atoms with Crippen molar-refractivity contribution in [2.75, 3.05) is 4.72 Å². The van der Waals surface area contributed by atoms with Crippen LogP contribution in [0.25, 0.3) is 0 Å². The SMILES string of the molecule is CC(C)c1ccccc1NS(=O)(=O)c1ccc(Br)cc1. The van der Waals surface area contributed by atoms with Crippen LogP contribution in [0, 0.1) is 0 Å². The van der Waals surface area contributed by atoms with Crippen LogP contribution >= 0.6 is 15.9 Å². The van der Waals surface area contributed by atoms with Crippen molar-refractivity contribution in [3.63, 3.8) is 0 Å². The number of halogens is 1. The van der Waals surface area contributed by atoms with Gasteiger partial charge in [-0.05, 0) is 41.8 Å². The van der Waals surface area contributed by atoms with Gasteiger partial charge in [-0.2, -0.15) is 0 Å². The monoisotopic (exact) mass is 353 g/mol. The van der Waals surface area contributed by atoms with Gasteiger partial charge in [-0.1, -0.05) is 48.0 Å². The van der Waals surface area contributed by atoms with Crippen molar-refractivity contribution in [2.45, 2.75) is 24.7 Å². The number of hydrogen-bond acceptors (Lipinski definition) is 2. The van der Waals surface area contributed by atoms with Gasteiger partial charge in [-0.15, -0.1) is 0 Å². The Balaban J connectivity index is 2.36. The molecular formula is C15H16BrNO2S. The van der Waals surface area contributed by atoms with Crippen molar-refractivity contribution in [1.82, 2.24) is 0 Å². The van der Waals surface area contributed by atoms with Crippen LogP contribution in [0.3, 0.4) is 0 Å². The lowest BCUT2D eigenvalue weighted by Crippen LogP contribution is -2.14. The van der Waals surface area contributed by atoms with Crippen LogP contribution in [0.5, 0.6) is 0 Å². The van der Waals surface area contributed by atoms with Gasteiger partial charge in [-0.3, -0.25) is 4.72 Å². The molecule has 20 heavy (non-hydrogen) atoms. The summed E-state index contributed by atoms with van der Waals surface area (Å²) in [6.45, 7) is 4.07. The number of sulfonamides is 1. The van der Waals surface area contributed by atoms with E-state index in [0.29, 0.717) is 5.69 Å². The fourth-order valence-corrected chi connectivity index (χ4v) is 3.26. The van der Waals surface area contributed by atoms with Crippen molar-refractivity contribution in [3.8, 4) is 0 Å². The van der Waals surface area contributed by atoms with Gasteiger partial charge < -0.3 is 0 Å². The smallest absolute Gasteiger partial charge is 0.261 e. The molecule has 0 spiro atoms. The van der Waals surface area contributed by atoms with Crippen LogP contribution in [0.4, 0.5) is 5.69 Å². The number of nitrogens with one attached hydrogen (secondary N) is 1. The number of benzene rings is 2. The van der Waals surface area contributed by atoms with Crippen LogP contribution in [0.15, 0.2) is 57.9 Å². The van der Waals surface area contributed by atoms with Crippen molar-refractivity contribution in [1.29, 1.82) is 0 Å². The predicted molar refractivity (Wildman–Crippen MR) is 85.5 cm³/mol. The molecule has 0 aliphatic carbocycles. The Kier molecular flexibility index (Phi) is 4.50. The Bertz CT molecular complexity index is 694. The molecule has 0 saturated heterocycles. The Hall–Kier alpha value is -1.33. The molecule has 0 aliphatic heterocycles. The minimum absolute atomic E-state index is 0.249. The van der Waals surface area contributed by atoms with Crippen molar-refractivity contribution < 1.29 is 8.42 Å². The Labute approximate surface area is 128 Å². The third-order valence-corrected chi connectivity index (χ3v) is 4.86. The molecule has 0 atom stereocenters. The van der Waals surface area contributed by atoms with E-state index in [1.807, 2.05) is 32.0 Å². The summed E-state index contributed by atoms with van der Waals surface area (Å²) < 4.78 is 28.2. The summed E-state index contributed by atoms with van der Waals surface area (Å²) in [7, 11) is -3.56. The van der Waals surface area contributed by atoms with Gasteiger partial charge in [0.2, 0.25) is 0 Å². The predicted octanol–water partition coefficient (Wildman–Crippen LogP) is 4.37. The van der Waals surface area contributed by atoms with E-state index in [0.717, 1.165) is 10.0 Å². The first-order chi connectivity index (χ1) is 9.40. The molecule has 5 heteroatoms. The second-order valence-electron chi connectivity index (χ2n) is 4.80. The van der Waals surface area contributed by atoms with Crippen molar-refractivity contribution >= 4 is 31.6 Å². The molecule has 0 fully saturated rings. The quantitative estimate of drug-likeness (QED) is 0.886. The Morgan fingerprint density at radius 2 is 1.60 bits per heavy atom. The average molecular weight is 354 g/mol. The van der Waals surface area contributed by atoms with Crippen LogP contribution < -0.4 is 4.72 Å². The summed E-state index contributed by atoms with van der Waals surface area (Å²) in [6, 6.07) is 14.0. The zero-order valence-corrected chi connectivity index (χ0v) is 13.7. The van der Waals surface area contributed by atoms with E-state index < -0.39 is 10.0 Å². The molecule has 0 aromatic heterocycles. The topological polar surface area (TPSA) is 46.2 Å². The molecule has 0 amide bonds. The first kappa shape index (κ1) is 15.1. The second kappa shape index (κ2) is 5.97. The van der Waals surface area contributed by atoms with E-state index in [1.165, 1.54) is 0 Å². The lowest BCUT2D eigenvalue weighted by Gasteiger charge is -2.14. The molecule has 0 unspecified atom stereocenters. The lowest BCUT2D eigenvalue weighted by atomic mass is 10.0. The molecule has 0 heterocycles. The molecule has 0 bridgehead atoms. The number of anilines is 1. The zero-order chi connectivity index (χ0) is 14.8. The summed E-state index contributed by atoms with van der Waals surface area (Å²) in [5, 5.41) is 0. The lowest BCUT2D eigenvalue weighted by molar-refractivity contribution is 0.601. The van der Waals surface area contributed by atoms with Gasteiger partial charge in [0.25, 0.3) is 10.0 Å². The minimum Gasteiger partial charge on any atom is -0.279 e. The molecule has 0 radical (unpaired) electrons. The normalized spacial score (nSPS) is 11.6. The highest BCUT2D eigenvalue weighted by Crippen LogP contribution is 2.26. The maximum atomic E-state index is 12.4. The van der Waals surface area contributed by atoms with Crippen LogP contribution in [-0.2, 0) is 10.0 Å². The Morgan fingerprint density at radius 3 is 2.20 bits per heavy atom. The number of rotatable bonds is 4. The molecule has 1 N–H and O–H groups in total. The van der Waals surface area contributed by atoms with Gasteiger partial charge >= 0.3 is 0 Å². The highest BCUT2D eigenvalue weighted by molar-refractivity contribution is 9.10. The first-order valence-electron chi connectivity index (χ1n) is 6.27. The van der Waals surface area contributed by atoms with Gasteiger partial charge in [0.05, 0.1) is 10.6 Å². The highest BCUT2D eigenvalue weighted by Gasteiger charge is 2.16. The molecular weight excluding hydrogens is 338 g/mol. The summed E-state index contributed by atoms with van der Waals surface area (Å²) in [4.78, 5) is 0.249.